The van der Waals surface area contributed by atoms with Gasteiger partial charge in [-0.05, 0) is 12.1 Å². The number of alkyl halides is 1. The summed E-state index contributed by atoms with van der Waals surface area (Å²) in [5.41, 5.74) is -1.03. The Bertz CT molecular complexity index is 341. The van der Waals surface area contributed by atoms with Gasteiger partial charge in [0.1, 0.15) is 24.4 Å². The van der Waals surface area contributed by atoms with Crippen molar-refractivity contribution in [3.8, 4) is 6.07 Å². The molecule has 62 valence electrons. The number of benzene rings is 1. The van der Waals surface area contributed by atoms with Crippen molar-refractivity contribution in [2.75, 3.05) is 0 Å². The molecule has 12 heavy (non-hydrogen) atoms. The van der Waals surface area contributed by atoms with Crippen molar-refractivity contribution < 1.29 is 13.2 Å². The standard InChI is InChI=1S/C8H4F3N/c9-3-6-7(10)2-1-5(4-12)8(6)11/h1-2H,3H2. The van der Waals surface area contributed by atoms with Gasteiger partial charge in [0.2, 0.25) is 0 Å². The van der Waals surface area contributed by atoms with Crippen LogP contribution in [0.2, 0.25) is 0 Å². The third-order valence-electron chi connectivity index (χ3n) is 1.44. The number of hydrogen-bond acceptors (Lipinski definition) is 1. The topological polar surface area (TPSA) is 23.8 Å². The van der Waals surface area contributed by atoms with Crippen LogP contribution in [-0.4, -0.2) is 0 Å². The Morgan fingerprint density at radius 1 is 1.33 bits per heavy atom. The van der Waals surface area contributed by atoms with Crippen molar-refractivity contribution in [3.05, 3.63) is 34.9 Å². The molecule has 0 aliphatic heterocycles. The van der Waals surface area contributed by atoms with Crippen LogP contribution in [0, 0.1) is 23.0 Å². The quantitative estimate of drug-likeness (QED) is 0.636. The number of nitriles is 1. The van der Waals surface area contributed by atoms with E-state index in [1.54, 1.807) is 0 Å². The maximum absolute atomic E-state index is 12.8. The Kier molecular flexibility index (Phi) is 2.34. The maximum atomic E-state index is 12.8. The molecule has 0 radical (unpaired) electrons. The van der Waals surface area contributed by atoms with Crippen LogP contribution < -0.4 is 0 Å². The second-order valence-corrected chi connectivity index (χ2v) is 2.13. The fourth-order valence-electron chi connectivity index (χ4n) is 0.806. The molecular weight excluding hydrogens is 167 g/mol. The third-order valence-corrected chi connectivity index (χ3v) is 1.44. The normalized spacial score (nSPS) is 9.50. The van der Waals surface area contributed by atoms with Crippen LogP contribution in [0.5, 0.6) is 0 Å². The lowest BCUT2D eigenvalue weighted by Gasteiger charge is -2.00. The Balaban J connectivity index is 3.36. The molecule has 0 heterocycles. The number of nitrogens with zero attached hydrogens (tertiary/aromatic N) is 1. The van der Waals surface area contributed by atoms with Gasteiger partial charge in [-0.1, -0.05) is 0 Å². The number of halogens is 3. The summed E-state index contributed by atoms with van der Waals surface area (Å²) >= 11 is 0. The Labute approximate surface area is 67.1 Å². The first-order valence-corrected chi connectivity index (χ1v) is 3.13. The summed E-state index contributed by atoms with van der Waals surface area (Å²) in [7, 11) is 0. The van der Waals surface area contributed by atoms with Crippen molar-refractivity contribution in [2.45, 2.75) is 6.67 Å². The summed E-state index contributed by atoms with van der Waals surface area (Å²) in [6.45, 7) is -1.24. The van der Waals surface area contributed by atoms with Crippen LogP contribution in [0.4, 0.5) is 13.2 Å². The smallest absolute Gasteiger partial charge is 0.149 e. The highest BCUT2D eigenvalue weighted by Gasteiger charge is 2.12. The molecule has 4 heteroatoms. The van der Waals surface area contributed by atoms with Crippen LogP contribution in [0.3, 0.4) is 0 Å². The fraction of sp³-hybridized carbons (Fsp3) is 0.125. The lowest BCUT2D eigenvalue weighted by atomic mass is 10.1. The molecule has 0 aromatic heterocycles. The second-order valence-electron chi connectivity index (χ2n) is 2.13. The van der Waals surface area contributed by atoms with E-state index in [4.69, 9.17) is 5.26 Å². The first-order valence-electron chi connectivity index (χ1n) is 3.13. The average molecular weight is 171 g/mol. The molecular formula is C8H4F3N. The maximum Gasteiger partial charge on any atom is 0.149 e. The van der Waals surface area contributed by atoms with Gasteiger partial charge in [0.05, 0.1) is 11.1 Å². The largest absolute Gasteiger partial charge is 0.246 e. The van der Waals surface area contributed by atoms with E-state index in [0.717, 1.165) is 12.1 Å². The molecule has 0 atom stereocenters. The van der Waals surface area contributed by atoms with Gasteiger partial charge in [0.25, 0.3) is 0 Å². The highest BCUT2D eigenvalue weighted by atomic mass is 19.1. The molecule has 0 spiro atoms. The van der Waals surface area contributed by atoms with Gasteiger partial charge in [-0.25, -0.2) is 13.2 Å². The number of rotatable bonds is 1. The highest BCUT2D eigenvalue weighted by Crippen LogP contribution is 2.16. The van der Waals surface area contributed by atoms with E-state index >= 15 is 0 Å². The predicted octanol–water partition coefficient (Wildman–Crippen LogP) is 2.31. The van der Waals surface area contributed by atoms with E-state index < -0.39 is 23.9 Å². The molecule has 0 amide bonds. The lowest BCUT2D eigenvalue weighted by Crippen LogP contribution is -1.95. The van der Waals surface area contributed by atoms with Crippen LogP contribution in [0.15, 0.2) is 12.1 Å². The summed E-state index contributed by atoms with van der Waals surface area (Å²) in [6, 6.07) is 3.34. The molecule has 0 aliphatic rings. The van der Waals surface area contributed by atoms with Crippen LogP contribution in [-0.2, 0) is 6.67 Å². The molecule has 0 bridgehead atoms. The van der Waals surface area contributed by atoms with Crippen molar-refractivity contribution in [1.29, 1.82) is 5.26 Å². The molecule has 0 N–H and O–H groups in total. The van der Waals surface area contributed by atoms with E-state index in [1.165, 1.54) is 6.07 Å². The van der Waals surface area contributed by atoms with E-state index in [-0.39, 0.29) is 5.56 Å². The van der Waals surface area contributed by atoms with Gasteiger partial charge in [0, 0.05) is 0 Å². The van der Waals surface area contributed by atoms with Gasteiger partial charge >= 0.3 is 0 Å². The van der Waals surface area contributed by atoms with Crippen molar-refractivity contribution in [2.24, 2.45) is 0 Å². The third kappa shape index (κ3) is 1.26. The Morgan fingerprint density at radius 3 is 2.50 bits per heavy atom. The fourth-order valence-corrected chi connectivity index (χ4v) is 0.806. The minimum absolute atomic E-state index is 0.343. The van der Waals surface area contributed by atoms with Crippen molar-refractivity contribution in [1.82, 2.24) is 0 Å². The Morgan fingerprint density at radius 2 is 2.00 bits per heavy atom. The minimum atomic E-state index is -1.24. The summed E-state index contributed by atoms with van der Waals surface area (Å²) in [4.78, 5) is 0. The molecule has 1 aromatic rings. The monoisotopic (exact) mass is 171 g/mol. The summed E-state index contributed by atoms with van der Waals surface area (Å²) in [5, 5.41) is 8.29. The molecule has 0 aliphatic carbocycles. The van der Waals surface area contributed by atoms with E-state index in [1.807, 2.05) is 0 Å². The predicted molar refractivity (Wildman–Crippen MR) is 35.9 cm³/mol. The zero-order valence-corrected chi connectivity index (χ0v) is 5.94. The van der Waals surface area contributed by atoms with E-state index in [0.29, 0.717) is 0 Å². The summed E-state index contributed by atoms with van der Waals surface area (Å²) in [5.74, 6) is -2.07. The van der Waals surface area contributed by atoms with E-state index in [2.05, 4.69) is 0 Å². The molecule has 1 aromatic carbocycles. The van der Waals surface area contributed by atoms with Gasteiger partial charge in [-0.15, -0.1) is 0 Å². The van der Waals surface area contributed by atoms with E-state index in [9.17, 15) is 13.2 Å². The van der Waals surface area contributed by atoms with Gasteiger partial charge in [-0.3, -0.25) is 0 Å². The second kappa shape index (κ2) is 3.26. The minimum Gasteiger partial charge on any atom is -0.246 e. The van der Waals surface area contributed by atoms with Crippen LogP contribution in [0.1, 0.15) is 11.1 Å². The van der Waals surface area contributed by atoms with Gasteiger partial charge in [0.15, 0.2) is 0 Å². The molecule has 1 rings (SSSR count). The molecule has 0 saturated carbocycles. The summed E-state index contributed by atoms with van der Waals surface area (Å²) < 4.78 is 37.4. The average Bonchev–Trinajstić information content (AvgIpc) is 2.06. The van der Waals surface area contributed by atoms with Crippen LogP contribution >= 0.6 is 0 Å². The zero-order valence-electron chi connectivity index (χ0n) is 5.94. The highest BCUT2D eigenvalue weighted by molar-refractivity contribution is 5.35. The molecule has 0 unspecified atom stereocenters. The van der Waals surface area contributed by atoms with Crippen molar-refractivity contribution in [3.63, 3.8) is 0 Å². The molecule has 0 fully saturated rings. The first kappa shape index (κ1) is 8.60. The molecule has 0 saturated heterocycles. The zero-order chi connectivity index (χ0) is 9.14. The SMILES string of the molecule is N#Cc1ccc(F)c(CF)c1F. The van der Waals surface area contributed by atoms with Crippen LogP contribution in [0.25, 0.3) is 0 Å². The Hall–Kier alpha value is -1.50. The molecule has 1 nitrogen and oxygen atoms in total. The summed E-state index contributed by atoms with van der Waals surface area (Å²) in [6.07, 6.45) is 0. The number of hydrogen-bond donors (Lipinski definition) is 0. The van der Waals surface area contributed by atoms with Crippen molar-refractivity contribution >= 4 is 0 Å². The van der Waals surface area contributed by atoms with Gasteiger partial charge in [-0.2, -0.15) is 5.26 Å². The first-order chi connectivity index (χ1) is 5.70. The lowest BCUT2D eigenvalue weighted by molar-refractivity contribution is 0.439. The van der Waals surface area contributed by atoms with Gasteiger partial charge < -0.3 is 0 Å².